The van der Waals surface area contributed by atoms with Gasteiger partial charge in [0.1, 0.15) is 6.33 Å². The summed E-state index contributed by atoms with van der Waals surface area (Å²) in [5.74, 6) is 0.831. The second-order valence-corrected chi connectivity index (χ2v) is 5.19. The summed E-state index contributed by atoms with van der Waals surface area (Å²) in [6.07, 6.45) is 2.75. The molecule has 0 amide bonds. The van der Waals surface area contributed by atoms with E-state index < -0.39 is 0 Å². The van der Waals surface area contributed by atoms with Crippen LogP contribution in [-0.4, -0.2) is 30.6 Å². The van der Waals surface area contributed by atoms with Gasteiger partial charge in [0.15, 0.2) is 5.82 Å². The molecule has 110 valence electrons. The lowest BCUT2D eigenvalue weighted by Gasteiger charge is -2.05. The monoisotopic (exact) mass is 276 g/mol. The quantitative estimate of drug-likeness (QED) is 0.834. The summed E-state index contributed by atoms with van der Waals surface area (Å²) >= 11 is 0. The zero-order valence-electron chi connectivity index (χ0n) is 12.8. The van der Waals surface area contributed by atoms with Crippen molar-refractivity contribution in [3.63, 3.8) is 0 Å². The molecule has 0 aliphatic heterocycles. The van der Waals surface area contributed by atoms with Gasteiger partial charge >= 0.3 is 0 Å². The van der Waals surface area contributed by atoms with Crippen molar-refractivity contribution >= 4 is 0 Å². The minimum Gasteiger partial charge on any atom is -0.308 e. The fourth-order valence-electron chi connectivity index (χ4n) is 2.04. The average molecular weight is 276 g/mol. The lowest BCUT2D eigenvalue weighted by atomic mass is 10.3. The largest absolute Gasteiger partial charge is 0.308 e. The van der Waals surface area contributed by atoms with Gasteiger partial charge in [-0.25, -0.2) is 9.67 Å². The molecule has 0 aromatic carbocycles. The first-order chi connectivity index (χ1) is 9.62. The third-order valence-electron chi connectivity index (χ3n) is 3.15. The molecule has 2 aromatic heterocycles. The molecule has 0 spiro atoms. The normalized spacial score (nSPS) is 11.4. The van der Waals surface area contributed by atoms with E-state index in [0.717, 1.165) is 31.0 Å². The molecule has 2 aromatic rings. The first-order valence-corrected chi connectivity index (χ1v) is 7.29. The van der Waals surface area contributed by atoms with Gasteiger partial charge in [-0.2, -0.15) is 10.2 Å². The van der Waals surface area contributed by atoms with Crippen LogP contribution in [-0.2, 0) is 26.1 Å². The van der Waals surface area contributed by atoms with Gasteiger partial charge in [-0.05, 0) is 19.4 Å². The predicted octanol–water partition coefficient (Wildman–Crippen LogP) is 1.60. The number of nitrogens with one attached hydrogen (secondary N) is 1. The highest BCUT2D eigenvalue weighted by molar-refractivity contribution is 5.10. The summed E-state index contributed by atoms with van der Waals surface area (Å²) in [4.78, 5) is 4.33. The lowest BCUT2D eigenvalue weighted by molar-refractivity contribution is 0.551. The van der Waals surface area contributed by atoms with E-state index in [4.69, 9.17) is 0 Å². The standard InChI is InChI=1S/C14H24N6/c1-5-12-7-13(20(6-2)17-12)9-19-10-16-14(18-19)8-15-11(3)4/h7,10-11,15H,5-6,8-9H2,1-4H3. The van der Waals surface area contributed by atoms with Crippen LogP contribution < -0.4 is 5.32 Å². The molecule has 0 saturated carbocycles. The number of nitrogens with zero attached hydrogens (tertiary/aromatic N) is 5. The summed E-state index contributed by atoms with van der Waals surface area (Å²) in [6.45, 7) is 10.8. The number of rotatable bonds is 7. The maximum absolute atomic E-state index is 4.55. The van der Waals surface area contributed by atoms with Crippen molar-refractivity contribution in [2.75, 3.05) is 0 Å². The molecule has 0 fully saturated rings. The van der Waals surface area contributed by atoms with E-state index >= 15 is 0 Å². The fourth-order valence-corrected chi connectivity index (χ4v) is 2.04. The van der Waals surface area contributed by atoms with Crippen molar-refractivity contribution in [1.82, 2.24) is 29.9 Å². The molecule has 0 aliphatic carbocycles. The van der Waals surface area contributed by atoms with E-state index in [2.05, 4.69) is 54.3 Å². The minimum atomic E-state index is 0.440. The van der Waals surface area contributed by atoms with Crippen LogP contribution in [0.4, 0.5) is 0 Å². The topological polar surface area (TPSA) is 60.6 Å². The highest BCUT2D eigenvalue weighted by Gasteiger charge is 2.08. The van der Waals surface area contributed by atoms with E-state index in [1.165, 1.54) is 5.69 Å². The Labute approximate surface area is 120 Å². The molecule has 0 bridgehead atoms. The number of hydrogen-bond acceptors (Lipinski definition) is 4. The van der Waals surface area contributed by atoms with Gasteiger partial charge in [0.25, 0.3) is 0 Å². The van der Waals surface area contributed by atoms with Crippen molar-refractivity contribution in [3.05, 3.63) is 29.6 Å². The van der Waals surface area contributed by atoms with Crippen LogP contribution in [0.3, 0.4) is 0 Å². The maximum Gasteiger partial charge on any atom is 0.164 e. The van der Waals surface area contributed by atoms with Crippen LogP contribution in [0.25, 0.3) is 0 Å². The molecule has 6 nitrogen and oxygen atoms in total. The van der Waals surface area contributed by atoms with Gasteiger partial charge in [0.05, 0.1) is 24.5 Å². The van der Waals surface area contributed by atoms with E-state index in [9.17, 15) is 0 Å². The third-order valence-corrected chi connectivity index (χ3v) is 3.15. The molecule has 0 unspecified atom stereocenters. The number of aryl methyl sites for hydroxylation is 2. The Morgan fingerprint density at radius 3 is 2.70 bits per heavy atom. The van der Waals surface area contributed by atoms with Crippen molar-refractivity contribution < 1.29 is 0 Å². The van der Waals surface area contributed by atoms with Gasteiger partial charge in [-0.3, -0.25) is 4.68 Å². The van der Waals surface area contributed by atoms with Crippen LogP contribution in [0, 0.1) is 0 Å². The Bertz CT molecular complexity index is 540. The number of hydrogen-bond donors (Lipinski definition) is 1. The van der Waals surface area contributed by atoms with Gasteiger partial charge < -0.3 is 5.32 Å². The maximum atomic E-state index is 4.55. The van der Waals surface area contributed by atoms with Crippen molar-refractivity contribution in [2.45, 2.75) is 59.8 Å². The van der Waals surface area contributed by atoms with E-state index in [-0.39, 0.29) is 0 Å². The van der Waals surface area contributed by atoms with Gasteiger partial charge in [-0.15, -0.1) is 0 Å². The second-order valence-electron chi connectivity index (χ2n) is 5.19. The van der Waals surface area contributed by atoms with E-state index in [0.29, 0.717) is 12.6 Å². The smallest absolute Gasteiger partial charge is 0.164 e. The van der Waals surface area contributed by atoms with Crippen LogP contribution in [0.1, 0.15) is 44.9 Å². The second kappa shape index (κ2) is 6.65. The van der Waals surface area contributed by atoms with Crippen molar-refractivity contribution in [1.29, 1.82) is 0 Å². The van der Waals surface area contributed by atoms with Gasteiger partial charge in [0.2, 0.25) is 0 Å². The Morgan fingerprint density at radius 1 is 1.25 bits per heavy atom. The first-order valence-electron chi connectivity index (χ1n) is 7.29. The molecule has 2 rings (SSSR count). The molecule has 0 aliphatic rings. The first kappa shape index (κ1) is 14.7. The number of aromatic nitrogens is 5. The zero-order chi connectivity index (χ0) is 14.5. The molecular weight excluding hydrogens is 252 g/mol. The summed E-state index contributed by atoms with van der Waals surface area (Å²) in [5, 5.41) is 12.4. The van der Waals surface area contributed by atoms with Gasteiger partial charge in [0, 0.05) is 12.6 Å². The summed E-state index contributed by atoms with van der Waals surface area (Å²) in [7, 11) is 0. The fraction of sp³-hybridized carbons (Fsp3) is 0.643. The molecule has 20 heavy (non-hydrogen) atoms. The molecular formula is C14H24N6. The molecule has 0 saturated heterocycles. The predicted molar refractivity (Wildman–Crippen MR) is 78.4 cm³/mol. The van der Waals surface area contributed by atoms with Gasteiger partial charge in [-0.1, -0.05) is 20.8 Å². The Balaban J connectivity index is 2.04. The van der Waals surface area contributed by atoms with E-state index in [1.54, 1.807) is 6.33 Å². The molecule has 2 heterocycles. The molecule has 0 atom stereocenters. The molecule has 0 radical (unpaired) electrons. The summed E-state index contributed by atoms with van der Waals surface area (Å²) in [6, 6.07) is 2.59. The molecule has 1 N–H and O–H groups in total. The zero-order valence-corrected chi connectivity index (χ0v) is 12.8. The van der Waals surface area contributed by atoms with Crippen LogP contribution in [0.15, 0.2) is 12.4 Å². The van der Waals surface area contributed by atoms with Crippen molar-refractivity contribution in [3.8, 4) is 0 Å². The van der Waals surface area contributed by atoms with E-state index in [1.807, 2.05) is 9.36 Å². The third kappa shape index (κ3) is 3.66. The Kier molecular flexibility index (Phi) is 4.89. The van der Waals surface area contributed by atoms with Crippen molar-refractivity contribution in [2.24, 2.45) is 0 Å². The summed E-state index contributed by atoms with van der Waals surface area (Å²) in [5.41, 5.74) is 2.31. The van der Waals surface area contributed by atoms with Crippen LogP contribution >= 0.6 is 0 Å². The Morgan fingerprint density at radius 2 is 2.05 bits per heavy atom. The highest BCUT2D eigenvalue weighted by atomic mass is 15.4. The summed E-state index contributed by atoms with van der Waals surface area (Å²) < 4.78 is 3.91. The van der Waals surface area contributed by atoms with Crippen LogP contribution in [0.2, 0.25) is 0 Å². The minimum absolute atomic E-state index is 0.440. The Hall–Kier alpha value is -1.69. The van der Waals surface area contributed by atoms with Crippen LogP contribution in [0.5, 0.6) is 0 Å². The average Bonchev–Trinajstić information content (AvgIpc) is 3.03. The SMILES string of the molecule is CCc1cc(Cn2cnc(CNC(C)C)n2)n(CC)n1. The molecule has 6 heteroatoms. The highest BCUT2D eigenvalue weighted by Crippen LogP contribution is 2.07. The lowest BCUT2D eigenvalue weighted by Crippen LogP contribution is -2.22.